The van der Waals surface area contributed by atoms with Crippen LogP contribution in [0.3, 0.4) is 0 Å². The fourth-order valence-electron chi connectivity index (χ4n) is 2.97. The lowest BCUT2D eigenvalue weighted by atomic mass is 9.84. The molecular weight excluding hydrogens is 284 g/mol. The van der Waals surface area contributed by atoms with E-state index in [2.05, 4.69) is 11.6 Å². The Kier molecular flexibility index (Phi) is 5.38. The lowest BCUT2D eigenvalue weighted by Gasteiger charge is -2.28. The summed E-state index contributed by atoms with van der Waals surface area (Å²) in [7, 11) is -3.47. The zero-order chi connectivity index (χ0) is 15.3. The van der Waals surface area contributed by atoms with Gasteiger partial charge < -0.3 is 0 Å². The van der Waals surface area contributed by atoms with Gasteiger partial charge in [-0.3, -0.25) is 0 Å². The van der Waals surface area contributed by atoms with Gasteiger partial charge in [0.25, 0.3) is 0 Å². The molecule has 0 unspecified atom stereocenters. The van der Waals surface area contributed by atoms with Gasteiger partial charge in [0, 0.05) is 6.04 Å². The van der Waals surface area contributed by atoms with Crippen LogP contribution in [0.15, 0.2) is 29.2 Å². The number of benzene rings is 1. The lowest BCUT2D eigenvalue weighted by molar-refractivity contribution is 0.297. The summed E-state index contributed by atoms with van der Waals surface area (Å²) in [6.45, 7) is 2.19. The van der Waals surface area contributed by atoms with Gasteiger partial charge in [-0.1, -0.05) is 19.8 Å². The van der Waals surface area contributed by atoms with Gasteiger partial charge >= 0.3 is 0 Å². The maximum Gasteiger partial charge on any atom is 0.240 e. The molecule has 1 aliphatic carbocycles. The van der Waals surface area contributed by atoms with E-state index in [1.165, 1.54) is 37.1 Å². The van der Waals surface area contributed by atoms with Crippen molar-refractivity contribution < 1.29 is 8.42 Å². The zero-order valence-corrected chi connectivity index (χ0v) is 13.2. The van der Waals surface area contributed by atoms with Crippen LogP contribution in [0, 0.1) is 17.2 Å². The second-order valence-corrected chi connectivity index (χ2v) is 7.48. The van der Waals surface area contributed by atoms with E-state index in [9.17, 15) is 8.42 Å². The predicted octanol–water partition coefficient (Wildman–Crippen LogP) is 3.20. The maximum atomic E-state index is 12.3. The van der Waals surface area contributed by atoms with E-state index in [-0.39, 0.29) is 10.9 Å². The highest BCUT2D eigenvalue weighted by molar-refractivity contribution is 7.89. The number of nitrogens with one attached hydrogen (secondary N) is 1. The maximum absolute atomic E-state index is 12.3. The van der Waals surface area contributed by atoms with E-state index in [0.29, 0.717) is 5.56 Å². The molecule has 1 aromatic carbocycles. The molecule has 0 heterocycles. The molecule has 0 aliphatic heterocycles. The molecule has 2 rings (SSSR count). The van der Waals surface area contributed by atoms with Crippen molar-refractivity contribution in [2.24, 2.45) is 5.92 Å². The molecule has 1 N–H and O–H groups in total. The Hall–Kier alpha value is -1.38. The molecule has 0 amide bonds. The fourth-order valence-corrected chi connectivity index (χ4v) is 4.28. The fraction of sp³-hybridized carbons (Fsp3) is 0.562. The second kappa shape index (κ2) is 7.06. The molecule has 0 radical (unpaired) electrons. The molecule has 1 aromatic rings. The van der Waals surface area contributed by atoms with Crippen molar-refractivity contribution in [1.29, 1.82) is 5.26 Å². The number of hydrogen-bond donors (Lipinski definition) is 1. The first kappa shape index (κ1) is 16.0. The molecule has 114 valence electrons. The van der Waals surface area contributed by atoms with E-state index in [1.54, 1.807) is 0 Å². The topological polar surface area (TPSA) is 70.0 Å². The van der Waals surface area contributed by atoms with E-state index < -0.39 is 10.0 Å². The quantitative estimate of drug-likeness (QED) is 0.908. The Morgan fingerprint density at radius 3 is 2.33 bits per heavy atom. The number of rotatable bonds is 5. The normalized spacial score (nSPS) is 22.7. The highest BCUT2D eigenvalue weighted by Gasteiger charge is 2.25. The molecule has 4 nitrogen and oxygen atoms in total. The third-order valence-electron chi connectivity index (χ3n) is 4.16. The minimum atomic E-state index is -3.47. The third kappa shape index (κ3) is 4.29. The first-order valence-electron chi connectivity index (χ1n) is 7.57. The second-order valence-electron chi connectivity index (χ2n) is 5.76. The first-order valence-corrected chi connectivity index (χ1v) is 9.06. The van der Waals surface area contributed by atoms with Crippen molar-refractivity contribution >= 4 is 10.0 Å². The average Bonchev–Trinajstić information content (AvgIpc) is 2.49. The van der Waals surface area contributed by atoms with Crippen molar-refractivity contribution in [2.45, 2.75) is 56.4 Å². The van der Waals surface area contributed by atoms with Gasteiger partial charge in [0.15, 0.2) is 0 Å². The van der Waals surface area contributed by atoms with Gasteiger partial charge in [0.1, 0.15) is 0 Å². The molecule has 1 aliphatic rings. The number of nitrogens with zero attached hydrogens (tertiary/aromatic N) is 1. The Labute approximate surface area is 127 Å². The van der Waals surface area contributed by atoms with E-state index in [0.717, 1.165) is 31.6 Å². The molecule has 1 fully saturated rings. The van der Waals surface area contributed by atoms with Crippen LogP contribution < -0.4 is 4.72 Å². The molecule has 0 spiro atoms. The Balaban J connectivity index is 1.97. The summed E-state index contributed by atoms with van der Waals surface area (Å²) in [5, 5.41) is 8.75. The van der Waals surface area contributed by atoms with Gasteiger partial charge in [0.05, 0.1) is 16.5 Å². The first-order chi connectivity index (χ1) is 10.0. The predicted molar refractivity (Wildman–Crippen MR) is 82.1 cm³/mol. The number of hydrogen-bond acceptors (Lipinski definition) is 3. The zero-order valence-electron chi connectivity index (χ0n) is 12.4. The summed E-state index contributed by atoms with van der Waals surface area (Å²) in [5.74, 6) is 0.755. The van der Waals surface area contributed by atoms with E-state index in [4.69, 9.17) is 5.26 Å². The average molecular weight is 306 g/mol. The molecule has 1 saturated carbocycles. The van der Waals surface area contributed by atoms with Gasteiger partial charge in [0.2, 0.25) is 10.0 Å². The van der Waals surface area contributed by atoms with Crippen LogP contribution in [0.25, 0.3) is 0 Å². The van der Waals surface area contributed by atoms with Gasteiger partial charge in [-0.2, -0.15) is 5.26 Å². The monoisotopic (exact) mass is 306 g/mol. The van der Waals surface area contributed by atoms with E-state index >= 15 is 0 Å². The molecule has 5 heteroatoms. The van der Waals surface area contributed by atoms with Gasteiger partial charge in [-0.05, 0) is 55.9 Å². The Morgan fingerprint density at radius 2 is 1.81 bits per heavy atom. The van der Waals surface area contributed by atoms with Crippen molar-refractivity contribution in [1.82, 2.24) is 4.72 Å². The summed E-state index contributed by atoms with van der Waals surface area (Å²) < 4.78 is 27.4. The molecule has 0 bridgehead atoms. The summed E-state index contributed by atoms with van der Waals surface area (Å²) in [6, 6.07) is 8.08. The number of nitriles is 1. The largest absolute Gasteiger partial charge is 0.240 e. The Morgan fingerprint density at radius 1 is 1.19 bits per heavy atom. The van der Waals surface area contributed by atoms with Crippen molar-refractivity contribution in [3.05, 3.63) is 29.8 Å². The smallest absolute Gasteiger partial charge is 0.208 e. The molecule has 0 aromatic heterocycles. The van der Waals surface area contributed by atoms with Crippen LogP contribution in [-0.4, -0.2) is 14.5 Å². The Bertz CT molecular complexity index is 594. The van der Waals surface area contributed by atoms with Crippen LogP contribution in [0.2, 0.25) is 0 Å². The van der Waals surface area contributed by atoms with Crippen molar-refractivity contribution in [3.8, 4) is 6.07 Å². The summed E-state index contributed by atoms with van der Waals surface area (Å²) in [5.41, 5.74) is 0.467. The molecule has 0 saturated heterocycles. The number of sulfonamides is 1. The van der Waals surface area contributed by atoms with E-state index in [1.807, 2.05) is 6.07 Å². The van der Waals surface area contributed by atoms with Gasteiger partial charge in [-0.15, -0.1) is 0 Å². The van der Waals surface area contributed by atoms with Crippen LogP contribution in [0.4, 0.5) is 0 Å². The van der Waals surface area contributed by atoms with Crippen LogP contribution in [0.1, 0.15) is 51.0 Å². The van der Waals surface area contributed by atoms with Gasteiger partial charge in [-0.25, -0.2) is 13.1 Å². The van der Waals surface area contributed by atoms with Crippen LogP contribution >= 0.6 is 0 Å². The highest BCUT2D eigenvalue weighted by Crippen LogP contribution is 2.28. The molecule has 0 atom stereocenters. The highest BCUT2D eigenvalue weighted by atomic mass is 32.2. The standard InChI is InChI=1S/C16H22N2O2S/c1-2-3-13-4-8-15(9-5-13)18-21(19,20)16-10-6-14(12-17)7-11-16/h6-7,10-11,13,15,18H,2-5,8-9H2,1H3. The summed E-state index contributed by atoms with van der Waals surface area (Å²) >= 11 is 0. The molecule has 21 heavy (non-hydrogen) atoms. The van der Waals surface area contributed by atoms with Crippen molar-refractivity contribution in [2.75, 3.05) is 0 Å². The summed E-state index contributed by atoms with van der Waals surface area (Å²) in [6.07, 6.45) is 6.49. The SMILES string of the molecule is CCCC1CCC(NS(=O)(=O)c2ccc(C#N)cc2)CC1. The lowest BCUT2D eigenvalue weighted by Crippen LogP contribution is -2.37. The minimum Gasteiger partial charge on any atom is -0.208 e. The van der Waals surface area contributed by atoms with Crippen LogP contribution in [-0.2, 0) is 10.0 Å². The summed E-state index contributed by atoms with van der Waals surface area (Å²) in [4.78, 5) is 0.234. The minimum absolute atomic E-state index is 0.0405. The van der Waals surface area contributed by atoms with Crippen molar-refractivity contribution in [3.63, 3.8) is 0 Å². The third-order valence-corrected chi connectivity index (χ3v) is 5.70. The van der Waals surface area contributed by atoms with Crippen LogP contribution in [0.5, 0.6) is 0 Å². The molecular formula is C16H22N2O2S.